The summed E-state index contributed by atoms with van der Waals surface area (Å²) in [5.74, 6) is 0.319. The van der Waals surface area contributed by atoms with Gasteiger partial charge in [0.15, 0.2) is 12.3 Å². The topological polar surface area (TPSA) is 85.1 Å². The maximum absolute atomic E-state index is 12.3. The van der Waals surface area contributed by atoms with Crippen molar-refractivity contribution in [1.82, 2.24) is 0 Å². The maximum Gasteiger partial charge on any atom is 0.341 e. The molecule has 134 valence electrons. The number of amides is 1. The Bertz CT molecular complexity index is 751. The number of carbonyl (C=O) groups is 2. The average Bonchev–Trinajstić information content (AvgIpc) is 3.26. The van der Waals surface area contributed by atoms with Crippen LogP contribution in [-0.4, -0.2) is 25.5 Å². The van der Waals surface area contributed by atoms with Crippen molar-refractivity contribution in [2.24, 2.45) is 0 Å². The van der Waals surface area contributed by atoms with E-state index in [0.717, 1.165) is 37.0 Å². The monoisotopic (exact) mass is 363 g/mol. The second-order valence-electron chi connectivity index (χ2n) is 6.20. The zero-order valence-corrected chi connectivity index (χ0v) is 15.3. The number of thiophene rings is 1. The van der Waals surface area contributed by atoms with Gasteiger partial charge in [0, 0.05) is 4.88 Å². The molecule has 0 spiro atoms. The van der Waals surface area contributed by atoms with E-state index < -0.39 is 0 Å². The molecule has 0 radical (unpaired) electrons. The molecule has 0 saturated carbocycles. The van der Waals surface area contributed by atoms with Gasteiger partial charge in [-0.05, 0) is 50.3 Å². The summed E-state index contributed by atoms with van der Waals surface area (Å²) in [6.07, 6.45) is 5.64. The van der Waals surface area contributed by atoms with Crippen LogP contribution in [0.25, 0.3) is 0 Å². The number of esters is 1. The summed E-state index contributed by atoms with van der Waals surface area (Å²) in [7, 11) is 1.37. The standard InChI is InChI=1S/C18H22N2O4S/c1-11(13-7-5-9-24-13)19-10-15(21)20-17-16(18(22)23-2)12-6-3-4-8-14(12)25-17/h5,7,9,11,19H,3-4,6,8,10H2,1-2H3,(H,20,21)/p+1/t11-/m0/s1. The molecule has 0 bridgehead atoms. The predicted octanol–water partition coefficient (Wildman–Crippen LogP) is 2.27. The SMILES string of the molecule is COC(=O)c1c(NC(=O)C[NH2+][C@@H](C)c2ccco2)sc2c1CCCC2. The lowest BCUT2D eigenvalue weighted by atomic mass is 9.95. The van der Waals surface area contributed by atoms with Crippen molar-refractivity contribution in [3.05, 3.63) is 40.2 Å². The van der Waals surface area contributed by atoms with E-state index in [9.17, 15) is 9.59 Å². The second-order valence-corrected chi connectivity index (χ2v) is 7.30. The molecule has 2 aromatic heterocycles. The zero-order chi connectivity index (χ0) is 17.8. The molecule has 0 aliphatic heterocycles. The van der Waals surface area contributed by atoms with E-state index in [2.05, 4.69) is 5.32 Å². The molecule has 0 aromatic carbocycles. The van der Waals surface area contributed by atoms with Crippen LogP contribution in [0.4, 0.5) is 5.00 Å². The van der Waals surface area contributed by atoms with Gasteiger partial charge in [0.05, 0.1) is 18.9 Å². The first-order valence-corrected chi connectivity index (χ1v) is 9.31. The molecule has 1 atom stereocenters. The number of quaternary nitrogens is 1. The average molecular weight is 363 g/mol. The zero-order valence-electron chi connectivity index (χ0n) is 14.5. The molecule has 0 saturated heterocycles. The van der Waals surface area contributed by atoms with Crippen LogP contribution in [-0.2, 0) is 22.4 Å². The van der Waals surface area contributed by atoms with Gasteiger partial charge in [0.25, 0.3) is 5.91 Å². The van der Waals surface area contributed by atoms with Crippen LogP contribution < -0.4 is 10.6 Å². The Morgan fingerprint density at radius 1 is 1.40 bits per heavy atom. The van der Waals surface area contributed by atoms with Gasteiger partial charge in [-0.3, -0.25) is 4.79 Å². The number of aryl methyl sites for hydroxylation is 1. The van der Waals surface area contributed by atoms with Gasteiger partial charge in [-0.2, -0.15) is 0 Å². The Morgan fingerprint density at radius 2 is 2.20 bits per heavy atom. The highest BCUT2D eigenvalue weighted by Gasteiger charge is 2.27. The van der Waals surface area contributed by atoms with Crippen molar-refractivity contribution in [2.45, 2.75) is 38.6 Å². The maximum atomic E-state index is 12.3. The van der Waals surface area contributed by atoms with E-state index in [4.69, 9.17) is 9.15 Å². The van der Waals surface area contributed by atoms with Crippen LogP contribution in [0.5, 0.6) is 0 Å². The lowest BCUT2D eigenvalue weighted by Gasteiger charge is -2.12. The minimum atomic E-state index is -0.373. The lowest BCUT2D eigenvalue weighted by Crippen LogP contribution is -2.86. The Morgan fingerprint density at radius 3 is 2.92 bits per heavy atom. The Balaban J connectivity index is 1.68. The molecule has 0 fully saturated rings. The van der Waals surface area contributed by atoms with Crippen molar-refractivity contribution in [3.63, 3.8) is 0 Å². The number of rotatable bonds is 6. The van der Waals surface area contributed by atoms with Crippen LogP contribution >= 0.6 is 11.3 Å². The van der Waals surface area contributed by atoms with Crippen molar-refractivity contribution in [1.29, 1.82) is 0 Å². The Labute approximate surface area is 150 Å². The third-order valence-electron chi connectivity index (χ3n) is 4.46. The van der Waals surface area contributed by atoms with Gasteiger partial charge in [-0.1, -0.05) is 0 Å². The highest BCUT2D eigenvalue weighted by atomic mass is 32.1. The number of fused-ring (bicyclic) bond motifs is 1. The quantitative estimate of drug-likeness (QED) is 0.771. The largest absolute Gasteiger partial charge is 0.465 e. The van der Waals surface area contributed by atoms with Gasteiger partial charge >= 0.3 is 5.97 Å². The van der Waals surface area contributed by atoms with Gasteiger partial charge < -0.3 is 19.8 Å². The molecule has 25 heavy (non-hydrogen) atoms. The summed E-state index contributed by atoms with van der Waals surface area (Å²) < 4.78 is 10.3. The van der Waals surface area contributed by atoms with Crippen LogP contribution in [0.1, 0.15) is 52.4 Å². The van der Waals surface area contributed by atoms with Crippen LogP contribution in [0.2, 0.25) is 0 Å². The summed E-state index contributed by atoms with van der Waals surface area (Å²) in [4.78, 5) is 25.7. The number of ether oxygens (including phenoxy) is 1. The fourth-order valence-corrected chi connectivity index (χ4v) is 4.39. The first-order valence-electron chi connectivity index (χ1n) is 8.49. The molecule has 6 nitrogen and oxygen atoms in total. The van der Waals surface area contributed by atoms with Crippen LogP contribution in [0.3, 0.4) is 0 Å². The number of furan rings is 1. The number of hydrogen-bond acceptors (Lipinski definition) is 5. The highest BCUT2D eigenvalue weighted by Crippen LogP contribution is 2.38. The van der Waals surface area contributed by atoms with E-state index in [1.165, 1.54) is 23.3 Å². The summed E-state index contributed by atoms with van der Waals surface area (Å²) in [6, 6.07) is 3.78. The van der Waals surface area contributed by atoms with Gasteiger partial charge in [-0.15, -0.1) is 11.3 Å². The van der Waals surface area contributed by atoms with E-state index in [0.29, 0.717) is 10.6 Å². The molecule has 1 aliphatic carbocycles. The van der Waals surface area contributed by atoms with Crippen molar-refractivity contribution in [3.8, 4) is 0 Å². The molecule has 3 rings (SSSR count). The first-order chi connectivity index (χ1) is 12.1. The fraction of sp³-hybridized carbons (Fsp3) is 0.444. The molecule has 7 heteroatoms. The van der Waals surface area contributed by atoms with E-state index in [1.54, 1.807) is 6.26 Å². The Hall–Kier alpha value is -2.12. The molecule has 0 unspecified atom stereocenters. The van der Waals surface area contributed by atoms with Crippen LogP contribution in [0, 0.1) is 0 Å². The first kappa shape index (κ1) is 17.7. The number of nitrogens with one attached hydrogen (secondary N) is 1. The van der Waals surface area contributed by atoms with E-state index in [-0.39, 0.29) is 24.5 Å². The molecule has 1 amide bonds. The second kappa shape index (κ2) is 7.84. The number of carbonyl (C=O) groups excluding carboxylic acids is 2. The summed E-state index contributed by atoms with van der Waals surface area (Å²) in [5, 5.41) is 5.42. The highest BCUT2D eigenvalue weighted by molar-refractivity contribution is 7.17. The lowest BCUT2D eigenvalue weighted by molar-refractivity contribution is -0.684. The van der Waals surface area contributed by atoms with Gasteiger partial charge in [0.2, 0.25) is 0 Å². The summed E-state index contributed by atoms with van der Waals surface area (Å²) >= 11 is 1.50. The molecular formula is C18H23N2O4S+. The van der Waals surface area contributed by atoms with E-state index in [1.807, 2.05) is 24.4 Å². The molecule has 1 aliphatic rings. The van der Waals surface area contributed by atoms with Crippen molar-refractivity contribution < 1.29 is 24.1 Å². The normalized spacial score (nSPS) is 14.6. The predicted molar refractivity (Wildman–Crippen MR) is 94.8 cm³/mol. The Kier molecular flexibility index (Phi) is 5.55. The molecule has 2 aromatic rings. The van der Waals surface area contributed by atoms with Gasteiger partial charge in [-0.25, -0.2) is 4.79 Å². The fourth-order valence-electron chi connectivity index (χ4n) is 3.10. The number of hydrogen-bond donors (Lipinski definition) is 2. The third-order valence-corrected chi connectivity index (χ3v) is 5.67. The smallest absolute Gasteiger partial charge is 0.341 e. The number of anilines is 1. The number of nitrogens with two attached hydrogens (primary N) is 1. The molecule has 2 heterocycles. The molecular weight excluding hydrogens is 340 g/mol. The van der Waals surface area contributed by atoms with Gasteiger partial charge in [0.1, 0.15) is 11.0 Å². The number of methoxy groups -OCH3 is 1. The molecule has 3 N–H and O–H groups in total. The summed E-state index contributed by atoms with van der Waals surface area (Å²) in [5.41, 5.74) is 1.58. The van der Waals surface area contributed by atoms with Crippen molar-refractivity contribution in [2.75, 3.05) is 19.0 Å². The van der Waals surface area contributed by atoms with Crippen LogP contribution in [0.15, 0.2) is 22.8 Å². The third kappa shape index (κ3) is 3.93. The van der Waals surface area contributed by atoms with Crippen molar-refractivity contribution >= 4 is 28.2 Å². The summed E-state index contributed by atoms with van der Waals surface area (Å²) in [6.45, 7) is 2.24. The minimum absolute atomic E-state index is 0.0531. The minimum Gasteiger partial charge on any atom is -0.465 e. The van der Waals surface area contributed by atoms with E-state index >= 15 is 0 Å².